The van der Waals surface area contributed by atoms with E-state index in [4.69, 9.17) is 0 Å². The van der Waals surface area contributed by atoms with E-state index in [0.29, 0.717) is 6.04 Å². The van der Waals surface area contributed by atoms with Crippen LogP contribution in [0.15, 0.2) is 28.7 Å². The van der Waals surface area contributed by atoms with Crippen molar-refractivity contribution in [2.75, 3.05) is 13.1 Å². The molecule has 0 aliphatic rings. The molecule has 0 aromatic heterocycles. The number of hydrogen-bond donors (Lipinski definition) is 2. The molecule has 0 heterocycles. The number of benzene rings is 1. The lowest BCUT2D eigenvalue weighted by atomic mass is 10.2. The van der Waals surface area contributed by atoms with Crippen molar-refractivity contribution in [3.8, 4) is 0 Å². The molecule has 0 radical (unpaired) electrons. The zero-order chi connectivity index (χ0) is 11.8. The summed E-state index contributed by atoms with van der Waals surface area (Å²) >= 11 is 3.48. The summed E-state index contributed by atoms with van der Waals surface area (Å²) in [6, 6.07) is 8.92. The normalized spacial score (nSPS) is 12.7. The highest BCUT2D eigenvalue weighted by Gasteiger charge is 2.00. The fourth-order valence-electron chi connectivity index (χ4n) is 1.51. The number of hydrogen-bond acceptors (Lipinski definition) is 2. The molecule has 2 N–H and O–H groups in total. The van der Waals surface area contributed by atoms with Gasteiger partial charge in [-0.3, -0.25) is 0 Å². The van der Waals surface area contributed by atoms with Gasteiger partial charge in [0.25, 0.3) is 0 Å². The van der Waals surface area contributed by atoms with Gasteiger partial charge in [0.2, 0.25) is 0 Å². The summed E-state index contributed by atoms with van der Waals surface area (Å²) in [4.78, 5) is 0. The molecule has 0 saturated heterocycles. The molecule has 2 nitrogen and oxygen atoms in total. The summed E-state index contributed by atoms with van der Waals surface area (Å²) in [6.45, 7) is 7.45. The maximum absolute atomic E-state index is 3.50. The Balaban J connectivity index is 2.23. The van der Waals surface area contributed by atoms with Crippen LogP contribution in [-0.2, 0) is 6.54 Å². The molecule has 1 rings (SSSR count). The predicted molar refractivity (Wildman–Crippen MR) is 73.6 cm³/mol. The van der Waals surface area contributed by atoms with Crippen molar-refractivity contribution in [1.82, 2.24) is 10.6 Å². The Bertz CT molecular complexity index is 302. The molecule has 3 heteroatoms. The Morgan fingerprint density at radius 2 is 2.19 bits per heavy atom. The van der Waals surface area contributed by atoms with E-state index in [2.05, 4.69) is 64.7 Å². The molecule has 16 heavy (non-hydrogen) atoms. The molecular formula is C13H21BrN2. The minimum Gasteiger partial charge on any atom is -0.315 e. The summed E-state index contributed by atoms with van der Waals surface area (Å²) in [5.74, 6) is 0. The largest absolute Gasteiger partial charge is 0.315 e. The van der Waals surface area contributed by atoms with E-state index in [-0.39, 0.29) is 0 Å². The van der Waals surface area contributed by atoms with E-state index < -0.39 is 0 Å². The van der Waals surface area contributed by atoms with Gasteiger partial charge in [-0.1, -0.05) is 35.0 Å². The van der Waals surface area contributed by atoms with E-state index in [1.54, 1.807) is 0 Å². The first-order valence-corrected chi connectivity index (χ1v) is 6.70. The van der Waals surface area contributed by atoms with Crippen LogP contribution in [-0.4, -0.2) is 19.1 Å². The topological polar surface area (TPSA) is 24.1 Å². The van der Waals surface area contributed by atoms with Crippen LogP contribution in [0.1, 0.15) is 25.8 Å². The van der Waals surface area contributed by atoms with E-state index >= 15 is 0 Å². The van der Waals surface area contributed by atoms with Crippen LogP contribution in [0.4, 0.5) is 0 Å². The second-order valence-corrected chi connectivity index (χ2v) is 5.03. The third-order valence-electron chi connectivity index (χ3n) is 2.42. The maximum Gasteiger partial charge on any atom is 0.0208 e. The molecule has 1 aromatic rings. The Labute approximate surface area is 107 Å². The summed E-state index contributed by atoms with van der Waals surface area (Å²) in [5, 5.41) is 6.91. The Morgan fingerprint density at radius 1 is 1.38 bits per heavy atom. The fraction of sp³-hybridized carbons (Fsp3) is 0.538. The van der Waals surface area contributed by atoms with E-state index in [1.807, 2.05) is 0 Å². The van der Waals surface area contributed by atoms with Gasteiger partial charge in [-0.15, -0.1) is 0 Å². The van der Waals surface area contributed by atoms with Gasteiger partial charge in [-0.05, 0) is 37.6 Å². The summed E-state index contributed by atoms with van der Waals surface area (Å²) in [7, 11) is 0. The van der Waals surface area contributed by atoms with Crippen LogP contribution in [0.5, 0.6) is 0 Å². The zero-order valence-electron chi connectivity index (χ0n) is 10.1. The van der Waals surface area contributed by atoms with Crippen LogP contribution in [0.2, 0.25) is 0 Å². The third kappa shape index (κ3) is 5.64. The van der Waals surface area contributed by atoms with Gasteiger partial charge in [-0.25, -0.2) is 0 Å². The smallest absolute Gasteiger partial charge is 0.0208 e. The average Bonchev–Trinajstić information content (AvgIpc) is 2.27. The molecule has 1 aromatic carbocycles. The van der Waals surface area contributed by atoms with Gasteiger partial charge >= 0.3 is 0 Å². The van der Waals surface area contributed by atoms with Crippen LogP contribution in [0.3, 0.4) is 0 Å². The summed E-state index contributed by atoms with van der Waals surface area (Å²) in [5.41, 5.74) is 1.32. The monoisotopic (exact) mass is 284 g/mol. The lowest BCUT2D eigenvalue weighted by Gasteiger charge is -2.14. The number of nitrogens with one attached hydrogen (secondary N) is 2. The van der Waals surface area contributed by atoms with Crippen molar-refractivity contribution in [2.24, 2.45) is 0 Å². The summed E-state index contributed by atoms with van der Waals surface area (Å²) < 4.78 is 1.14. The van der Waals surface area contributed by atoms with Crippen LogP contribution < -0.4 is 10.6 Å². The summed E-state index contributed by atoms with van der Waals surface area (Å²) in [6.07, 6.45) is 1.19. The molecule has 90 valence electrons. The first kappa shape index (κ1) is 13.7. The fourth-order valence-corrected chi connectivity index (χ4v) is 1.95. The van der Waals surface area contributed by atoms with Crippen molar-refractivity contribution >= 4 is 15.9 Å². The molecule has 0 spiro atoms. The molecular weight excluding hydrogens is 264 g/mol. The Kier molecular flexibility index (Phi) is 6.69. The molecule has 0 aliphatic heterocycles. The van der Waals surface area contributed by atoms with Crippen molar-refractivity contribution in [1.29, 1.82) is 0 Å². The number of halogens is 1. The van der Waals surface area contributed by atoms with E-state index in [1.165, 1.54) is 12.0 Å². The molecule has 0 aliphatic carbocycles. The van der Waals surface area contributed by atoms with Crippen molar-refractivity contribution < 1.29 is 0 Å². The average molecular weight is 285 g/mol. The first-order valence-electron chi connectivity index (χ1n) is 5.91. The van der Waals surface area contributed by atoms with Gasteiger partial charge in [0.05, 0.1) is 0 Å². The third-order valence-corrected chi connectivity index (χ3v) is 2.91. The highest BCUT2D eigenvalue weighted by molar-refractivity contribution is 9.10. The Hall–Kier alpha value is -0.380. The van der Waals surface area contributed by atoms with Gasteiger partial charge in [0.15, 0.2) is 0 Å². The van der Waals surface area contributed by atoms with Gasteiger partial charge < -0.3 is 10.6 Å². The van der Waals surface area contributed by atoms with Crippen molar-refractivity contribution in [3.63, 3.8) is 0 Å². The van der Waals surface area contributed by atoms with Crippen LogP contribution in [0.25, 0.3) is 0 Å². The Morgan fingerprint density at radius 3 is 2.88 bits per heavy atom. The predicted octanol–water partition coefficient (Wildman–Crippen LogP) is 2.93. The van der Waals surface area contributed by atoms with Crippen LogP contribution >= 0.6 is 15.9 Å². The molecule has 1 atom stereocenters. The molecule has 0 amide bonds. The highest BCUT2D eigenvalue weighted by atomic mass is 79.9. The lowest BCUT2D eigenvalue weighted by Crippen LogP contribution is -2.36. The molecule has 0 fully saturated rings. The van der Waals surface area contributed by atoms with Gasteiger partial charge in [0.1, 0.15) is 0 Å². The highest BCUT2D eigenvalue weighted by Crippen LogP contribution is 2.11. The second kappa shape index (κ2) is 7.82. The van der Waals surface area contributed by atoms with Crippen LogP contribution in [0, 0.1) is 0 Å². The first-order chi connectivity index (χ1) is 7.72. The minimum atomic E-state index is 0.505. The molecule has 1 unspecified atom stereocenters. The molecule has 0 saturated carbocycles. The zero-order valence-corrected chi connectivity index (χ0v) is 11.7. The standard InChI is InChI=1S/C13H21BrN2/c1-3-7-15-9-11(2)16-10-12-5-4-6-13(14)8-12/h4-6,8,11,15-16H,3,7,9-10H2,1-2H3. The van der Waals surface area contributed by atoms with Gasteiger partial charge in [-0.2, -0.15) is 0 Å². The van der Waals surface area contributed by atoms with Crippen molar-refractivity contribution in [3.05, 3.63) is 34.3 Å². The number of rotatable bonds is 7. The van der Waals surface area contributed by atoms with E-state index in [9.17, 15) is 0 Å². The van der Waals surface area contributed by atoms with Crippen molar-refractivity contribution in [2.45, 2.75) is 32.9 Å². The van der Waals surface area contributed by atoms with Gasteiger partial charge in [0, 0.05) is 23.6 Å². The maximum atomic E-state index is 3.50. The quantitative estimate of drug-likeness (QED) is 0.753. The second-order valence-electron chi connectivity index (χ2n) is 4.12. The molecule has 0 bridgehead atoms. The van der Waals surface area contributed by atoms with E-state index in [0.717, 1.165) is 24.1 Å². The lowest BCUT2D eigenvalue weighted by molar-refractivity contribution is 0.501. The minimum absolute atomic E-state index is 0.505. The SMILES string of the molecule is CCCNCC(C)NCc1cccc(Br)c1.